The lowest BCUT2D eigenvalue weighted by molar-refractivity contribution is -0.137. The Hall–Kier alpha value is -4.92. The highest BCUT2D eigenvalue weighted by molar-refractivity contribution is 6.33. The molecular weight excluding hydrogens is 665 g/mol. The van der Waals surface area contributed by atoms with Gasteiger partial charge in [-0.05, 0) is 68.0 Å². The molecule has 2 amide bonds. The molecule has 6 rings (SSSR count). The first-order valence-electron chi connectivity index (χ1n) is 16.0. The molecule has 0 radical (unpaired) electrons. The summed E-state index contributed by atoms with van der Waals surface area (Å²) in [4.78, 5) is 52.9. The third kappa shape index (κ3) is 6.98. The van der Waals surface area contributed by atoms with Gasteiger partial charge in [-0.3, -0.25) is 14.4 Å². The van der Waals surface area contributed by atoms with Crippen LogP contribution in [0.3, 0.4) is 0 Å². The minimum atomic E-state index is -4.60. The molecular formula is C33H34ClF3N8O4. The summed E-state index contributed by atoms with van der Waals surface area (Å²) >= 11 is 6.12. The summed E-state index contributed by atoms with van der Waals surface area (Å²) in [6, 6.07) is 5.59. The topological polar surface area (TPSA) is 138 Å². The lowest BCUT2D eigenvalue weighted by Gasteiger charge is -2.36. The molecule has 0 saturated carbocycles. The molecule has 4 heterocycles. The monoisotopic (exact) mass is 698 g/mol. The van der Waals surface area contributed by atoms with Gasteiger partial charge in [-0.2, -0.15) is 22.7 Å². The van der Waals surface area contributed by atoms with Crippen molar-refractivity contribution in [2.75, 3.05) is 36.4 Å². The Morgan fingerprint density at radius 1 is 1.08 bits per heavy atom. The summed E-state index contributed by atoms with van der Waals surface area (Å²) in [7, 11) is 0. The number of amides is 2. The number of pyridine rings is 1. The zero-order valence-electron chi connectivity index (χ0n) is 26.6. The molecule has 16 heteroatoms. The Labute approximate surface area is 283 Å². The Bertz CT molecular complexity index is 2000. The second kappa shape index (κ2) is 13.9. The van der Waals surface area contributed by atoms with Crippen molar-refractivity contribution in [1.82, 2.24) is 29.0 Å². The number of hydrogen-bond acceptors (Lipinski definition) is 8. The van der Waals surface area contributed by atoms with Gasteiger partial charge >= 0.3 is 6.18 Å². The lowest BCUT2D eigenvalue weighted by atomic mass is 10.1. The first-order chi connectivity index (χ1) is 23.5. The third-order valence-corrected chi connectivity index (χ3v) is 9.05. The summed E-state index contributed by atoms with van der Waals surface area (Å²) in [6.45, 7) is 2.51. The van der Waals surface area contributed by atoms with E-state index in [2.05, 4.69) is 21.5 Å². The maximum Gasteiger partial charge on any atom is 0.416 e. The van der Waals surface area contributed by atoms with Crippen LogP contribution in [-0.2, 0) is 23.9 Å². The van der Waals surface area contributed by atoms with Crippen molar-refractivity contribution in [1.29, 1.82) is 0 Å². The Morgan fingerprint density at radius 3 is 2.55 bits per heavy atom. The molecule has 258 valence electrons. The maximum absolute atomic E-state index is 14.2. The number of rotatable bonds is 7. The van der Waals surface area contributed by atoms with Gasteiger partial charge in [0.05, 0.1) is 22.0 Å². The number of nitrogens with zero attached hydrogens (tertiary/aromatic N) is 7. The van der Waals surface area contributed by atoms with E-state index in [-0.39, 0.29) is 60.7 Å². The van der Waals surface area contributed by atoms with Gasteiger partial charge in [0.1, 0.15) is 18.0 Å². The van der Waals surface area contributed by atoms with Crippen LogP contribution in [0.25, 0.3) is 11.4 Å². The van der Waals surface area contributed by atoms with Crippen molar-refractivity contribution in [2.24, 2.45) is 0 Å². The normalized spacial score (nSPS) is 15.7. The van der Waals surface area contributed by atoms with E-state index in [4.69, 9.17) is 16.6 Å². The number of aromatic hydroxyl groups is 1. The van der Waals surface area contributed by atoms with Crippen LogP contribution in [0.15, 0.2) is 47.4 Å². The average Bonchev–Trinajstić information content (AvgIpc) is 3.35. The van der Waals surface area contributed by atoms with Gasteiger partial charge in [0.25, 0.3) is 11.5 Å². The number of alkyl halides is 3. The summed E-state index contributed by atoms with van der Waals surface area (Å²) in [5.74, 6) is -0.713. The Kier molecular flexibility index (Phi) is 9.63. The van der Waals surface area contributed by atoms with E-state index >= 15 is 0 Å². The molecule has 2 N–H and O–H groups in total. The molecule has 4 aromatic rings. The molecule has 0 spiro atoms. The second-order valence-electron chi connectivity index (χ2n) is 11.9. The van der Waals surface area contributed by atoms with Gasteiger partial charge < -0.3 is 24.8 Å². The molecule has 1 aliphatic carbocycles. The molecule has 49 heavy (non-hydrogen) atoms. The number of fused-ring (bicyclic) bond motifs is 1. The summed E-state index contributed by atoms with van der Waals surface area (Å²) in [6.07, 6.45) is 3.87. The molecule has 12 nitrogen and oxygen atoms in total. The van der Waals surface area contributed by atoms with Gasteiger partial charge in [0.2, 0.25) is 11.7 Å². The van der Waals surface area contributed by atoms with Crippen molar-refractivity contribution >= 4 is 46.1 Å². The number of piperazine rings is 1. The number of carbonyl (C=O) groups is 2. The minimum absolute atomic E-state index is 0.000466. The number of carbonyl (C=O) groups excluding carboxylic acids is 2. The molecule has 0 bridgehead atoms. The van der Waals surface area contributed by atoms with Crippen LogP contribution in [0, 0.1) is 0 Å². The number of benzene rings is 1. The van der Waals surface area contributed by atoms with Crippen molar-refractivity contribution in [2.45, 2.75) is 58.2 Å². The van der Waals surface area contributed by atoms with Crippen LogP contribution in [-0.4, -0.2) is 72.1 Å². The fraction of sp³-hybridized carbons (Fsp3) is 0.394. The van der Waals surface area contributed by atoms with E-state index in [1.54, 1.807) is 9.47 Å². The van der Waals surface area contributed by atoms with Crippen LogP contribution in [0.5, 0.6) is 5.75 Å². The Balaban J connectivity index is 1.36. The van der Waals surface area contributed by atoms with E-state index in [9.17, 15) is 32.7 Å². The average molecular weight is 699 g/mol. The first kappa shape index (κ1) is 34.0. The molecule has 0 atom stereocenters. The van der Waals surface area contributed by atoms with E-state index in [0.29, 0.717) is 23.6 Å². The summed E-state index contributed by atoms with van der Waals surface area (Å²) < 4.78 is 42.4. The number of allylic oxidation sites excluding steroid dienone is 2. The van der Waals surface area contributed by atoms with Crippen LogP contribution >= 0.6 is 11.6 Å². The highest BCUT2D eigenvalue weighted by Crippen LogP contribution is 2.34. The lowest BCUT2D eigenvalue weighted by Crippen LogP contribution is -2.51. The maximum atomic E-state index is 14.2. The van der Waals surface area contributed by atoms with Crippen molar-refractivity contribution < 1.29 is 27.9 Å². The predicted octanol–water partition coefficient (Wildman–Crippen LogP) is 5.17. The van der Waals surface area contributed by atoms with E-state index < -0.39 is 29.1 Å². The van der Waals surface area contributed by atoms with Crippen molar-refractivity contribution in [3.8, 4) is 5.75 Å². The first-order valence-corrected chi connectivity index (χ1v) is 16.4. The number of nitrogens with one attached hydrogen (secondary N) is 1. The summed E-state index contributed by atoms with van der Waals surface area (Å²) in [5.41, 5.74) is 0.285. The zero-order chi connectivity index (χ0) is 34.9. The SMILES string of the molecule is CCc1c(N2CCN(C(=O)c3ncccc3O)CC2)c(=O)n2nc(C3=CCCCCC3)nc2n1CC(=O)Nc1ccc(C(F)(F)F)cc1Cl. The fourth-order valence-corrected chi connectivity index (χ4v) is 6.48. The van der Waals surface area contributed by atoms with Crippen LogP contribution in [0.2, 0.25) is 5.02 Å². The molecule has 2 aliphatic rings. The molecule has 1 fully saturated rings. The van der Waals surface area contributed by atoms with Crippen molar-refractivity contribution in [3.63, 3.8) is 0 Å². The number of hydrogen-bond donors (Lipinski definition) is 2. The van der Waals surface area contributed by atoms with Crippen molar-refractivity contribution in [3.05, 3.63) is 80.8 Å². The van der Waals surface area contributed by atoms with E-state index in [0.717, 1.165) is 55.9 Å². The number of anilines is 2. The number of aromatic nitrogens is 5. The van der Waals surface area contributed by atoms with E-state index in [1.807, 2.05) is 11.8 Å². The van der Waals surface area contributed by atoms with Crippen LogP contribution < -0.4 is 15.8 Å². The van der Waals surface area contributed by atoms with Gasteiger partial charge in [-0.15, -0.1) is 5.10 Å². The Morgan fingerprint density at radius 2 is 1.86 bits per heavy atom. The van der Waals surface area contributed by atoms with Gasteiger partial charge in [-0.1, -0.05) is 31.0 Å². The smallest absolute Gasteiger partial charge is 0.416 e. The highest BCUT2D eigenvalue weighted by atomic mass is 35.5. The van der Waals surface area contributed by atoms with Crippen LogP contribution in [0.1, 0.15) is 66.6 Å². The second-order valence-corrected chi connectivity index (χ2v) is 12.3. The van der Waals surface area contributed by atoms with E-state index in [1.165, 1.54) is 22.8 Å². The minimum Gasteiger partial charge on any atom is -0.505 e. The molecule has 1 aromatic carbocycles. The van der Waals surface area contributed by atoms with Crippen LogP contribution in [0.4, 0.5) is 24.5 Å². The third-order valence-electron chi connectivity index (χ3n) is 8.73. The fourth-order valence-electron chi connectivity index (χ4n) is 6.25. The molecule has 3 aromatic heterocycles. The zero-order valence-corrected chi connectivity index (χ0v) is 27.4. The highest BCUT2D eigenvalue weighted by Gasteiger charge is 2.32. The predicted molar refractivity (Wildman–Crippen MR) is 177 cm³/mol. The van der Waals surface area contributed by atoms with Gasteiger partial charge in [0.15, 0.2) is 11.5 Å². The molecule has 0 unspecified atom stereocenters. The number of halogens is 4. The molecule has 1 aliphatic heterocycles. The van der Waals surface area contributed by atoms with Gasteiger partial charge in [-0.25, -0.2) is 4.98 Å². The van der Waals surface area contributed by atoms with Gasteiger partial charge in [0, 0.05) is 32.4 Å². The standard InChI is InChI=1S/C33H34ClF3N8O4/c1-2-24-28(42-14-16-43(17-15-42)30(48)27-25(46)10-7-13-38-27)31(49)45-32(40-29(41-45)20-8-5-3-4-6-9-20)44(24)19-26(47)39-23-12-11-21(18-22(23)34)33(35,36)37/h7-8,10-13,18,46H,2-6,9,14-17,19H2,1H3,(H,39,47). The summed E-state index contributed by atoms with van der Waals surface area (Å²) in [5, 5.41) is 17.1. The largest absolute Gasteiger partial charge is 0.505 e. The quantitative estimate of drug-likeness (QED) is 0.270. The molecule has 1 saturated heterocycles.